The average Bonchev–Trinajstić information content (AvgIpc) is 3.55. The lowest BCUT2D eigenvalue weighted by molar-refractivity contribution is 0.362. The van der Waals surface area contributed by atoms with E-state index in [1.807, 2.05) is 49.6 Å². The van der Waals surface area contributed by atoms with Crippen molar-refractivity contribution in [2.45, 2.75) is 30.8 Å². The molecule has 4 aromatic heterocycles. The smallest absolute Gasteiger partial charge is 0.229 e. The fourth-order valence-corrected chi connectivity index (χ4v) is 4.11. The van der Waals surface area contributed by atoms with E-state index in [4.69, 9.17) is 14.5 Å². The van der Waals surface area contributed by atoms with E-state index in [-0.39, 0.29) is 6.04 Å². The first-order valence-corrected chi connectivity index (χ1v) is 11.3. The lowest BCUT2D eigenvalue weighted by Gasteiger charge is -2.23. The fraction of sp³-hybridized carbons (Fsp3) is 0.286. The molecule has 1 aliphatic rings. The number of pyridine rings is 1. The number of thioether (sulfide) groups is 1. The Morgan fingerprint density at radius 3 is 2.87 bits per heavy atom. The first-order valence-electron chi connectivity index (χ1n) is 10.1. The normalized spacial score (nSPS) is 16.1. The Labute approximate surface area is 183 Å². The Balaban J connectivity index is 1.43. The van der Waals surface area contributed by atoms with Crippen LogP contribution in [0.5, 0.6) is 0 Å². The molecule has 1 fully saturated rings. The van der Waals surface area contributed by atoms with Crippen LogP contribution in [0.1, 0.15) is 30.3 Å². The SMILES string of the molecule is CSc1cc(Nc2cc(C)[nH]n2)nc(N2CCC[C@H]2c2cc(-c3ccccn3)no2)n1. The van der Waals surface area contributed by atoms with E-state index < -0.39 is 0 Å². The molecule has 4 aromatic rings. The second-order valence-electron chi connectivity index (χ2n) is 7.34. The Hall–Kier alpha value is -3.40. The summed E-state index contributed by atoms with van der Waals surface area (Å²) in [6, 6.07) is 11.6. The molecule has 1 atom stereocenters. The molecule has 0 radical (unpaired) electrons. The maximum Gasteiger partial charge on any atom is 0.229 e. The van der Waals surface area contributed by atoms with E-state index in [1.54, 1.807) is 18.0 Å². The third-order valence-corrected chi connectivity index (χ3v) is 5.78. The van der Waals surface area contributed by atoms with E-state index in [0.717, 1.165) is 53.1 Å². The Kier molecular flexibility index (Phi) is 5.29. The van der Waals surface area contributed by atoms with Crippen molar-refractivity contribution in [1.82, 2.24) is 30.3 Å². The number of H-pyrrole nitrogens is 1. The minimum Gasteiger partial charge on any atom is -0.358 e. The highest BCUT2D eigenvalue weighted by Crippen LogP contribution is 2.37. The minimum atomic E-state index is 0.0301. The zero-order valence-corrected chi connectivity index (χ0v) is 18.1. The van der Waals surface area contributed by atoms with Crippen LogP contribution in [0, 0.1) is 6.92 Å². The minimum absolute atomic E-state index is 0.0301. The molecular formula is C21H22N8OS. The molecule has 0 aliphatic carbocycles. The highest BCUT2D eigenvalue weighted by atomic mass is 32.2. The van der Waals surface area contributed by atoms with Crippen molar-refractivity contribution in [3.05, 3.63) is 54.0 Å². The van der Waals surface area contributed by atoms with Gasteiger partial charge in [-0.25, -0.2) is 4.98 Å². The van der Waals surface area contributed by atoms with Gasteiger partial charge in [0.05, 0.1) is 11.7 Å². The van der Waals surface area contributed by atoms with Gasteiger partial charge in [-0.05, 0) is 38.2 Å². The zero-order valence-electron chi connectivity index (χ0n) is 17.2. The molecule has 0 unspecified atom stereocenters. The predicted octanol–water partition coefficient (Wildman–Crippen LogP) is 4.37. The monoisotopic (exact) mass is 434 g/mol. The fourth-order valence-electron chi connectivity index (χ4n) is 3.71. The summed E-state index contributed by atoms with van der Waals surface area (Å²) in [4.78, 5) is 16.1. The second-order valence-corrected chi connectivity index (χ2v) is 8.16. The average molecular weight is 435 g/mol. The summed E-state index contributed by atoms with van der Waals surface area (Å²) in [5, 5.41) is 15.6. The van der Waals surface area contributed by atoms with E-state index in [0.29, 0.717) is 11.8 Å². The number of anilines is 3. The van der Waals surface area contributed by atoms with Crippen LogP contribution >= 0.6 is 11.8 Å². The lowest BCUT2D eigenvalue weighted by atomic mass is 10.1. The van der Waals surface area contributed by atoms with Gasteiger partial charge in [0, 0.05) is 36.6 Å². The van der Waals surface area contributed by atoms with Crippen LogP contribution in [0.25, 0.3) is 11.4 Å². The number of nitrogens with zero attached hydrogens (tertiary/aromatic N) is 6. The topological polar surface area (TPSA) is 109 Å². The second kappa shape index (κ2) is 8.38. The molecule has 0 bridgehead atoms. The number of nitrogens with one attached hydrogen (secondary N) is 2. The van der Waals surface area contributed by atoms with Crippen molar-refractivity contribution < 1.29 is 4.52 Å². The van der Waals surface area contributed by atoms with Gasteiger partial charge in [-0.3, -0.25) is 10.1 Å². The molecule has 31 heavy (non-hydrogen) atoms. The molecule has 1 aliphatic heterocycles. The van der Waals surface area contributed by atoms with Crippen molar-refractivity contribution in [3.8, 4) is 11.4 Å². The number of rotatable bonds is 6. The third kappa shape index (κ3) is 4.11. The molecule has 0 spiro atoms. The molecule has 2 N–H and O–H groups in total. The number of aryl methyl sites for hydroxylation is 1. The van der Waals surface area contributed by atoms with E-state index in [1.165, 1.54) is 0 Å². The van der Waals surface area contributed by atoms with Gasteiger partial charge in [-0.15, -0.1) is 11.8 Å². The Bertz CT molecular complexity index is 1180. The third-order valence-electron chi connectivity index (χ3n) is 5.16. The summed E-state index contributed by atoms with van der Waals surface area (Å²) >= 11 is 1.58. The standard InChI is InChI=1S/C21H22N8OS/c1-13-10-19(27-26-13)23-18-12-20(31-2)25-21(24-18)29-9-5-7-16(29)17-11-15(28-30-17)14-6-3-4-8-22-14/h3-4,6,8,10-12,16H,5,7,9H2,1-2H3,(H2,23,24,25,26,27)/t16-/m0/s1. The summed E-state index contributed by atoms with van der Waals surface area (Å²) in [7, 11) is 0. The zero-order chi connectivity index (χ0) is 21.2. The van der Waals surface area contributed by atoms with E-state index >= 15 is 0 Å². The molecule has 9 nitrogen and oxygen atoms in total. The molecule has 0 amide bonds. The molecule has 0 saturated carbocycles. The first kappa shape index (κ1) is 19.6. The lowest BCUT2D eigenvalue weighted by Crippen LogP contribution is -2.24. The maximum atomic E-state index is 5.72. The van der Waals surface area contributed by atoms with E-state index in [9.17, 15) is 0 Å². The van der Waals surface area contributed by atoms with Gasteiger partial charge in [0.1, 0.15) is 16.5 Å². The van der Waals surface area contributed by atoms with Gasteiger partial charge >= 0.3 is 0 Å². The number of aromatic nitrogens is 6. The maximum absolute atomic E-state index is 5.72. The highest BCUT2D eigenvalue weighted by Gasteiger charge is 2.32. The van der Waals surface area contributed by atoms with Crippen molar-refractivity contribution in [2.24, 2.45) is 0 Å². The summed E-state index contributed by atoms with van der Waals surface area (Å²) in [6.07, 6.45) is 5.73. The van der Waals surface area contributed by atoms with Crippen LogP contribution in [0.4, 0.5) is 17.6 Å². The largest absolute Gasteiger partial charge is 0.358 e. The number of aromatic amines is 1. The quantitative estimate of drug-likeness (QED) is 0.338. The summed E-state index contributed by atoms with van der Waals surface area (Å²) in [6.45, 7) is 2.81. The number of hydrogen-bond donors (Lipinski definition) is 2. The molecule has 5 heterocycles. The highest BCUT2D eigenvalue weighted by molar-refractivity contribution is 7.98. The van der Waals surface area contributed by atoms with Gasteiger partial charge in [0.25, 0.3) is 0 Å². The summed E-state index contributed by atoms with van der Waals surface area (Å²) in [5.41, 5.74) is 2.51. The molecular weight excluding hydrogens is 412 g/mol. The molecule has 1 saturated heterocycles. The van der Waals surface area contributed by atoms with Crippen molar-refractivity contribution in [1.29, 1.82) is 0 Å². The summed E-state index contributed by atoms with van der Waals surface area (Å²) in [5.74, 6) is 2.90. The van der Waals surface area contributed by atoms with Crippen LogP contribution in [-0.4, -0.2) is 43.1 Å². The van der Waals surface area contributed by atoms with Crippen LogP contribution in [0.15, 0.2) is 52.1 Å². The van der Waals surface area contributed by atoms with Gasteiger partial charge in [-0.1, -0.05) is 11.2 Å². The molecule has 0 aromatic carbocycles. The molecule has 158 valence electrons. The van der Waals surface area contributed by atoms with Crippen molar-refractivity contribution in [2.75, 3.05) is 23.0 Å². The summed E-state index contributed by atoms with van der Waals surface area (Å²) < 4.78 is 5.72. The van der Waals surface area contributed by atoms with Crippen LogP contribution in [-0.2, 0) is 0 Å². The number of hydrogen-bond acceptors (Lipinski definition) is 9. The van der Waals surface area contributed by atoms with E-state index in [2.05, 4.69) is 30.6 Å². The van der Waals surface area contributed by atoms with Gasteiger partial charge in [0.2, 0.25) is 5.95 Å². The van der Waals surface area contributed by atoms with Gasteiger partial charge < -0.3 is 14.7 Å². The Morgan fingerprint density at radius 2 is 2.10 bits per heavy atom. The molecule has 10 heteroatoms. The van der Waals surface area contributed by atoms with Crippen molar-refractivity contribution in [3.63, 3.8) is 0 Å². The predicted molar refractivity (Wildman–Crippen MR) is 119 cm³/mol. The van der Waals surface area contributed by atoms with Crippen LogP contribution < -0.4 is 10.2 Å². The first-order chi connectivity index (χ1) is 15.2. The van der Waals surface area contributed by atoms with Crippen LogP contribution in [0.2, 0.25) is 0 Å². The van der Waals surface area contributed by atoms with Gasteiger partial charge in [0.15, 0.2) is 11.6 Å². The van der Waals surface area contributed by atoms with Crippen LogP contribution in [0.3, 0.4) is 0 Å². The Morgan fingerprint density at radius 1 is 1.16 bits per heavy atom. The van der Waals surface area contributed by atoms with Crippen molar-refractivity contribution >= 4 is 29.3 Å². The molecule has 5 rings (SSSR count). The van der Waals surface area contributed by atoms with Gasteiger partial charge in [-0.2, -0.15) is 10.1 Å².